The van der Waals surface area contributed by atoms with Gasteiger partial charge >= 0.3 is 5.97 Å². The van der Waals surface area contributed by atoms with E-state index < -0.39 is 11.8 Å². The number of hydrogen-bond acceptors (Lipinski definition) is 2. The van der Waals surface area contributed by atoms with Gasteiger partial charge < -0.3 is 4.29 Å². The van der Waals surface area contributed by atoms with E-state index in [-0.39, 0.29) is 0 Å². The predicted molar refractivity (Wildman–Crippen MR) is 22.7 cm³/mol. The van der Waals surface area contributed by atoms with Gasteiger partial charge in [0.05, 0.1) is 2.74 Å². The molecule has 0 heterocycles. The Morgan fingerprint density at radius 3 is 2.67 bits per heavy atom. The molecular weight excluding hydrogens is 127 g/mol. The standard InChI is InChI=1S/C2H2Cl2O2/c3-1-2(5)6-4/h1H2/i1D2. The first-order valence-corrected chi connectivity index (χ1v) is 1.69. The van der Waals surface area contributed by atoms with Crippen molar-refractivity contribution in [3.05, 3.63) is 0 Å². The van der Waals surface area contributed by atoms with Crippen LogP contribution in [0.1, 0.15) is 2.74 Å². The van der Waals surface area contributed by atoms with E-state index in [9.17, 15) is 4.79 Å². The minimum atomic E-state index is -2.51. The summed E-state index contributed by atoms with van der Waals surface area (Å²) in [4.78, 5) is 9.97. The van der Waals surface area contributed by atoms with E-state index in [4.69, 9.17) is 14.3 Å². The van der Waals surface area contributed by atoms with E-state index in [1.165, 1.54) is 0 Å². The molecule has 0 aromatic rings. The van der Waals surface area contributed by atoms with Crippen LogP contribution in [0.3, 0.4) is 0 Å². The van der Waals surface area contributed by atoms with E-state index in [0.717, 1.165) is 0 Å². The second kappa shape index (κ2) is 3.25. The molecule has 0 atom stereocenters. The fourth-order valence-corrected chi connectivity index (χ4v) is 0.131. The van der Waals surface area contributed by atoms with Gasteiger partial charge in [-0.1, -0.05) is 0 Å². The molecule has 0 radical (unpaired) electrons. The lowest BCUT2D eigenvalue weighted by atomic mass is 10.8. The van der Waals surface area contributed by atoms with Crippen LogP contribution in [0.25, 0.3) is 0 Å². The summed E-state index contributed by atoms with van der Waals surface area (Å²) in [6.07, 6.45) is 0. The van der Waals surface area contributed by atoms with Crippen LogP contribution >= 0.6 is 23.5 Å². The lowest BCUT2D eigenvalue weighted by Crippen LogP contribution is -1.95. The van der Waals surface area contributed by atoms with Gasteiger partial charge in [-0.15, -0.1) is 11.6 Å². The van der Waals surface area contributed by atoms with Crippen LogP contribution in [-0.2, 0) is 9.08 Å². The third kappa shape index (κ3) is 2.30. The first-order chi connectivity index (χ1) is 3.48. The van der Waals surface area contributed by atoms with Crippen molar-refractivity contribution in [2.75, 3.05) is 5.83 Å². The van der Waals surface area contributed by atoms with Crippen molar-refractivity contribution >= 4 is 29.4 Å². The molecule has 0 fully saturated rings. The number of carbonyl (C=O) groups excluding carboxylic acids is 1. The lowest BCUT2D eigenvalue weighted by Gasteiger charge is -1.80. The molecule has 0 aliphatic carbocycles. The van der Waals surface area contributed by atoms with Crippen molar-refractivity contribution in [2.45, 2.75) is 0 Å². The first kappa shape index (κ1) is 3.10. The monoisotopic (exact) mass is 130 g/mol. The normalized spacial score (nSPS) is 15.0. The zero-order valence-corrected chi connectivity index (χ0v) is 4.08. The Hall–Kier alpha value is 0.0500. The van der Waals surface area contributed by atoms with E-state index >= 15 is 0 Å². The van der Waals surface area contributed by atoms with E-state index in [2.05, 4.69) is 16.2 Å². The Balaban J connectivity index is 3.82. The van der Waals surface area contributed by atoms with Gasteiger partial charge in [0.15, 0.2) is 0 Å². The van der Waals surface area contributed by atoms with Gasteiger partial charge in [-0.05, 0) is 0 Å². The minimum absolute atomic E-state index is 1.30. The molecule has 0 aromatic heterocycles. The molecule has 4 heteroatoms. The third-order valence-electron chi connectivity index (χ3n) is 0.147. The zero-order valence-electron chi connectivity index (χ0n) is 4.57. The van der Waals surface area contributed by atoms with Crippen LogP contribution in [0.15, 0.2) is 0 Å². The smallest absolute Gasteiger partial charge is 0.339 e. The van der Waals surface area contributed by atoms with E-state index in [0.29, 0.717) is 0 Å². The molecule has 0 saturated heterocycles. The second-order valence-electron chi connectivity index (χ2n) is 0.459. The van der Waals surface area contributed by atoms with Crippen LogP contribution in [0.2, 0.25) is 0 Å². The van der Waals surface area contributed by atoms with Gasteiger partial charge in [-0.25, -0.2) is 4.79 Å². The zero-order chi connectivity index (χ0) is 6.78. The number of carbonyl (C=O) groups is 1. The second-order valence-corrected chi connectivity index (χ2v) is 0.802. The molecule has 0 aliphatic heterocycles. The molecule has 0 aromatic carbocycles. The Morgan fingerprint density at radius 2 is 2.67 bits per heavy atom. The van der Waals surface area contributed by atoms with Crippen molar-refractivity contribution < 1.29 is 11.8 Å². The summed E-state index contributed by atoms with van der Waals surface area (Å²) >= 11 is 9.22. The quantitative estimate of drug-likeness (QED) is 0.494. The van der Waals surface area contributed by atoms with Gasteiger partial charge in [-0.3, -0.25) is 0 Å². The molecule has 36 valence electrons. The molecule has 6 heavy (non-hydrogen) atoms. The Labute approximate surface area is 48.0 Å². The van der Waals surface area contributed by atoms with Crippen LogP contribution in [0.5, 0.6) is 0 Å². The summed E-state index contributed by atoms with van der Waals surface area (Å²) in [6.45, 7) is 0. The number of alkyl halides is 1. The van der Waals surface area contributed by atoms with Crippen LogP contribution in [0, 0.1) is 0 Å². The molecule has 0 spiro atoms. The topological polar surface area (TPSA) is 26.3 Å². The minimum Gasteiger partial charge on any atom is -0.346 e. The molecule has 0 bridgehead atoms. The van der Waals surface area contributed by atoms with Crippen molar-refractivity contribution in [1.29, 1.82) is 0 Å². The lowest BCUT2D eigenvalue weighted by molar-refractivity contribution is -0.131. The van der Waals surface area contributed by atoms with Gasteiger partial charge in [0.2, 0.25) is 0 Å². The van der Waals surface area contributed by atoms with E-state index in [1.54, 1.807) is 0 Å². The third-order valence-corrected chi connectivity index (χ3v) is 0.442. The van der Waals surface area contributed by atoms with E-state index in [1.807, 2.05) is 0 Å². The van der Waals surface area contributed by atoms with Gasteiger partial charge in [0, 0.05) is 0 Å². The maximum Gasteiger partial charge on any atom is 0.339 e. The molecule has 0 amide bonds. The van der Waals surface area contributed by atoms with Gasteiger partial charge in [0.25, 0.3) is 0 Å². The van der Waals surface area contributed by atoms with Crippen molar-refractivity contribution in [1.82, 2.24) is 0 Å². The Morgan fingerprint density at radius 1 is 2.17 bits per heavy atom. The van der Waals surface area contributed by atoms with Crippen molar-refractivity contribution in [3.8, 4) is 0 Å². The van der Waals surface area contributed by atoms with Crippen LogP contribution in [-0.4, -0.2) is 11.8 Å². The molecule has 0 aliphatic rings. The number of rotatable bonds is 1. The van der Waals surface area contributed by atoms with Crippen LogP contribution < -0.4 is 0 Å². The highest BCUT2D eigenvalue weighted by atomic mass is 35.5. The average Bonchev–Trinajstić information content (AvgIpc) is 1.62. The highest BCUT2D eigenvalue weighted by Crippen LogP contribution is 1.83. The molecule has 2 nitrogen and oxygen atoms in total. The highest BCUT2D eigenvalue weighted by molar-refractivity contribution is 6.28. The average molecular weight is 131 g/mol. The fourth-order valence-electron chi connectivity index (χ4n) is 0.0146. The first-order valence-electron chi connectivity index (χ1n) is 2.00. The molecule has 0 unspecified atom stereocenters. The number of hydrogen-bond donors (Lipinski definition) is 0. The predicted octanol–water partition coefficient (Wildman–Crippen LogP) is 0.922. The SMILES string of the molecule is [2H]C([2H])(Cl)C(=O)OCl. The molecular formula is C2H2Cl2O2. The summed E-state index contributed by atoms with van der Waals surface area (Å²) < 4.78 is 16.3. The summed E-state index contributed by atoms with van der Waals surface area (Å²) in [6, 6.07) is 0. The van der Waals surface area contributed by atoms with Gasteiger partial charge in [0.1, 0.15) is 17.7 Å². The van der Waals surface area contributed by atoms with Crippen LogP contribution in [0.4, 0.5) is 0 Å². The molecule has 0 saturated carbocycles. The Kier molecular flexibility index (Phi) is 1.68. The Bertz CT molecular complexity index is 98.7. The summed E-state index contributed by atoms with van der Waals surface area (Å²) in [5.74, 6) is -3.82. The van der Waals surface area contributed by atoms with Gasteiger partial charge in [-0.2, -0.15) is 0 Å². The summed E-state index contributed by atoms with van der Waals surface area (Å²) in [7, 11) is 0. The molecule has 0 N–H and O–H groups in total. The molecule has 0 rings (SSSR count). The largest absolute Gasteiger partial charge is 0.346 e. The maximum atomic E-state index is 9.97. The highest BCUT2D eigenvalue weighted by Gasteiger charge is 1.92. The van der Waals surface area contributed by atoms with Crippen molar-refractivity contribution in [3.63, 3.8) is 0 Å². The maximum absolute atomic E-state index is 9.97. The van der Waals surface area contributed by atoms with Crippen molar-refractivity contribution in [2.24, 2.45) is 0 Å². The number of halogens is 2. The fraction of sp³-hybridized carbons (Fsp3) is 0.500. The summed E-state index contributed by atoms with van der Waals surface area (Å²) in [5, 5.41) is 0. The summed E-state index contributed by atoms with van der Waals surface area (Å²) in [5.41, 5.74) is 0.